The minimum Gasteiger partial charge on any atom is -0.496 e. The van der Waals surface area contributed by atoms with Crippen LogP contribution in [0.15, 0.2) is 30.3 Å². The van der Waals surface area contributed by atoms with Crippen LogP contribution in [-0.4, -0.2) is 7.11 Å². The van der Waals surface area contributed by atoms with E-state index in [2.05, 4.69) is 32.9 Å². The predicted octanol–water partition coefficient (Wildman–Crippen LogP) is 4.32. The third-order valence-corrected chi connectivity index (χ3v) is 3.98. The lowest BCUT2D eigenvalue weighted by Gasteiger charge is -2.19. The van der Waals surface area contributed by atoms with Gasteiger partial charge in [-0.15, -0.1) is 0 Å². The van der Waals surface area contributed by atoms with E-state index in [1.54, 1.807) is 7.11 Å². The van der Waals surface area contributed by atoms with Crippen molar-refractivity contribution in [3.8, 4) is 5.75 Å². The van der Waals surface area contributed by atoms with Crippen molar-refractivity contribution in [2.45, 2.75) is 26.8 Å². The van der Waals surface area contributed by atoms with Gasteiger partial charge in [0.25, 0.3) is 0 Å². The van der Waals surface area contributed by atoms with Gasteiger partial charge < -0.3 is 10.5 Å². The maximum atomic E-state index is 6.44. The number of aryl methyl sites for hydroxylation is 3. The van der Waals surface area contributed by atoms with Crippen LogP contribution in [0.5, 0.6) is 5.75 Å². The van der Waals surface area contributed by atoms with Crippen molar-refractivity contribution in [1.82, 2.24) is 0 Å². The second-order valence-corrected chi connectivity index (χ2v) is 5.59. The molecule has 0 spiro atoms. The topological polar surface area (TPSA) is 35.2 Å². The lowest BCUT2D eigenvalue weighted by Crippen LogP contribution is -2.15. The molecule has 0 aliphatic rings. The number of methoxy groups -OCH3 is 1. The van der Waals surface area contributed by atoms with Crippen LogP contribution in [0, 0.1) is 20.8 Å². The summed E-state index contributed by atoms with van der Waals surface area (Å²) >= 11 is 6.09. The van der Waals surface area contributed by atoms with Crippen molar-refractivity contribution in [2.75, 3.05) is 7.11 Å². The second-order valence-electron chi connectivity index (χ2n) is 5.16. The molecule has 2 rings (SSSR count). The minimum absolute atomic E-state index is 0.247. The van der Waals surface area contributed by atoms with Gasteiger partial charge in [-0.05, 0) is 61.2 Å². The van der Waals surface area contributed by atoms with Gasteiger partial charge >= 0.3 is 0 Å². The van der Waals surface area contributed by atoms with Crippen LogP contribution in [0.3, 0.4) is 0 Å². The number of benzene rings is 2. The van der Waals surface area contributed by atoms with Crippen molar-refractivity contribution >= 4 is 11.6 Å². The first-order valence-corrected chi connectivity index (χ1v) is 6.98. The molecule has 1 unspecified atom stereocenters. The zero-order valence-corrected chi connectivity index (χ0v) is 13.1. The monoisotopic (exact) mass is 289 g/mol. The summed E-state index contributed by atoms with van der Waals surface area (Å²) in [5.41, 5.74) is 12.2. The lowest BCUT2D eigenvalue weighted by atomic mass is 9.92. The fraction of sp³-hybridized carbons (Fsp3) is 0.294. The predicted molar refractivity (Wildman–Crippen MR) is 84.7 cm³/mol. The largest absolute Gasteiger partial charge is 0.496 e. The van der Waals surface area contributed by atoms with Crippen molar-refractivity contribution < 1.29 is 4.74 Å². The highest BCUT2D eigenvalue weighted by molar-refractivity contribution is 6.30. The Labute approximate surface area is 125 Å². The molecule has 0 aliphatic carbocycles. The maximum absolute atomic E-state index is 6.44. The molecule has 20 heavy (non-hydrogen) atoms. The molecule has 0 amide bonds. The van der Waals surface area contributed by atoms with Crippen molar-refractivity contribution in [2.24, 2.45) is 5.73 Å². The highest BCUT2D eigenvalue weighted by Gasteiger charge is 2.17. The standard InChI is InChI=1S/C17H20ClNO/c1-10-7-12(3)14(8-11(10)2)17(19)15-9-13(18)5-6-16(15)20-4/h5-9,17H,19H2,1-4H3. The van der Waals surface area contributed by atoms with E-state index in [0.717, 1.165) is 16.9 Å². The summed E-state index contributed by atoms with van der Waals surface area (Å²) in [6, 6.07) is 9.61. The summed E-state index contributed by atoms with van der Waals surface area (Å²) in [5.74, 6) is 0.763. The van der Waals surface area contributed by atoms with Crippen LogP contribution in [-0.2, 0) is 0 Å². The fourth-order valence-corrected chi connectivity index (χ4v) is 2.61. The zero-order valence-electron chi connectivity index (χ0n) is 12.3. The van der Waals surface area contributed by atoms with Gasteiger partial charge in [0.1, 0.15) is 5.75 Å². The van der Waals surface area contributed by atoms with Gasteiger partial charge in [-0.25, -0.2) is 0 Å². The summed E-state index contributed by atoms with van der Waals surface area (Å²) in [6.45, 7) is 6.29. The third kappa shape index (κ3) is 2.82. The SMILES string of the molecule is COc1ccc(Cl)cc1C(N)c1cc(C)c(C)cc1C. The van der Waals surface area contributed by atoms with E-state index in [1.165, 1.54) is 16.7 Å². The molecule has 0 aromatic heterocycles. The van der Waals surface area contributed by atoms with Gasteiger partial charge in [0.05, 0.1) is 13.2 Å². The Bertz CT molecular complexity index is 637. The van der Waals surface area contributed by atoms with Crippen molar-refractivity contribution in [3.63, 3.8) is 0 Å². The van der Waals surface area contributed by atoms with Gasteiger partial charge in [0, 0.05) is 10.6 Å². The van der Waals surface area contributed by atoms with E-state index >= 15 is 0 Å². The Balaban J connectivity index is 2.54. The van der Waals surface area contributed by atoms with Gasteiger partial charge in [0.2, 0.25) is 0 Å². The normalized spacial score (nSPS) is 12.3. The van der Waals surface area contributed by atoms with E-state index in [9.17, 15) is 0 Å². The number of nitrogens with two attached hydrogens (primary N) is 1. The molecule has 3 heteroatoms. The van der Waals surface area contributed by atoms with E-state index < -0.39 is 0 Å². The Morgan fingerprint density at radius 3 is 2.25 bits per heavy atom. The second kappa shape index (κ2) is 5.86. The molecule has 0 saturated heterocycles. The molecule has 0 fully saturated rings. The quantitative estimate of drug-likeness (QED) is 0.913. The number of ether oxygens (including phenoxy) is 1. The van der Waals surface area contributed by atoms with Gasteiger partial charge in [-0.3, -0.25) is 0 Å². The molecule has 1 atom stereocenters. The van der Waals surface area contributed by atoms with Gasteiger partial charge in [-0.1, -0.05) is 23.7 Å². The van der Waals surface area contributed by atoms with E-state index in [0.29, 0.717) is 5.02 Å². The van der Waals surface area contributed by atoms with Crippen LogP contribution in [0.25, 0.3) is 0 Å². The Kier molecular flexibility index (Phi) is 4.36. The number of hydrogen-bond acceptors (Lipinski definition) is 2. The Hall–Kier alpha value is -1.51. The van der Waals surface area contributed by atoms with Crippen molar-refractivity contribution in [3.05, 3.63) is 63.2 Å². The summed E-state index contributed by atoms with van der Waals surface area (Å²) in [7, 11) is 1.65. The van der Waals surface area contributed by atoms with Gasteiger partial charge in [0.15, 0.2) is 0 Å². The average Bonchev–Trinajstić information content (AvgIpc) is 2.42. The van der Waals surface area contributed by atoms with E-state index in [-0.39, 0.29) is 6.04 Å². The first-order chi connectivity index (χ1) is 9.43. The molecule has 0 aliphatic heterocycles. The van der Waals surface area contributed by atoms with Crippen LogP contribution in [0.1, 0.15) is 33.9 Å². The summed E-state index contributed by atoms with van der Waals surface area (Å²) < 4.78 is 5.40. The smallest absolute Gasteiger partial charge is 0.124 e. The van der Waals surface area contributed by atoms with Crippen molar-refractivity contribution in [1.29, 1.82) is 0 Å². The molecule has 106 valence electrons. The number of hydrogen-bond donors (Lipinski definition) is 1. The average molecular weight is 290 g/mol. The molecule has 2 aromatic rings. The first kappa shape index (κ1) is 14.9. The molecule has 0 heterocycles. The molecule has 0 radical (unpaired) electrons. The Morgan fingerprint density at radius 1 is 0.950 bits per heavy atom. The maximum Gasteiger partial charge on any atom is 0.124 e. The molecule has 2 N–H and O–H groups in total. The summed E-state index contributed by atoms with van der Waals surface area (Å²) in [6.07, 6.45) is 0. The van der Waals surface area contributed by atoms with Crippen LogP contribution in [0.2, 0.25) is 5.02 Å². The van der Waals surface area contributed by atoms with Crippen LogP contribution < -0.4 is 10.5 Å². The molecule has 0 bridgehead atoms. The molecule has 2 nitrogen and oxygen atoms in total. The molecular formula is C17H20ClNO. The third-order valence-electron chi connectivity index (χ3n) is 3.74. The summed E-state index contributed by atoms with van der Waals surface area (Å²) in [5, 5.41) is 0.665. The highest BCUT2D eigenvalue weighted by Crippen LogP contribution is 2.33. The van der Waals surface area contributed by atoms with E-state index in [4.69, 9.17) is 22.1 Å². The fourth-order valence-electron chi connectivity index (χ4n) is 2.43. The molecule has 2 aromatic carbocycles. The number of rotatable bonds is 3. The Morgan fingerprint density at radius 2 is 1.60 bits per heavy atom. The van der Waals surface area contributed by atoms with E-state index in [1.807, 2.05) is 18.2 Å². The number of halogens is 1. The molecular weight excluding hydrogens is 270 g/mol. The minimum atomic E-state index is -0.247. The lowest BCUT2D eigenvalue weighted by molar-refractivity contribution is 0.408. The van der Waals surface area contributed by atoms with Crippen LogP contribution in [0.4, 0.5) is 0 Å². The molecule has 0 saturated carbocycles. The summed E-state index contributed by atoms with van der Waals surface area (Å²) in [4.78, 5) is 0. The van der Waals surface area contributed by atoms with Crippen LogP contribution >= 0.6 is 11.6 Å². The van der Waals surface area contributed by atoms with Gasteiger partial charge in [-0.2, -0.15) is 0 Å². The highest BCUT2D eigenvalue weighted by atomic mass is 35.5. The first-order valence-electron chi connectivity index (χ1n) is 6.60. The zero-order chi connectivity index (χ0) is 14.9.